The van der Waals surface area contributed by atoms with Gasteiger partial charge in [0.2, 0.25) is 15.9 Å². The summed E-state index contributed by atoms with van der Waals surface area (Å²) in [4.78, 5) is 12.7. The van der Waals surface area contributed by atoms with Crippen LogP contribution in [0.4, 0.5) is 5.69 Å². The van der Waals surface area contributed by atoms with Crippen LogP contribution in [-0.2, 0) is 14.8 Å². The highest BCUT2D eigenvalue weighted by atomic mass is 32.2. The normalized spacial score (nSPS) is 18.5. The van der Waals surface area contributed by atoms with Crippen LogP contribution in [0.25, 0.3) is 0 Å². The molecule has 21 heavy (non-hydrogen) atoms. The minimum atomic E-state index is -3.53. The fourth-order valence-corrected chi connectivity index (χ4v) is 3.92. The summed E-state index contributed by atoms with van der Waals surface area (Å²) < 4.78 is 27.0. The maximum absolute atomic E-state index is 12.2. The van der Waals surface area contributed by atoms with Crippen LogP contribution in [0.5, 0.6) is 0 Å². The van der Waals surface area contributed by atoms with E-state index in [2.05, 4.69) is 10.0 Å². The smallest absolute Gasteiger partial charge is 0.240 e. The summed E-state index contributed by atoms with van der Waals surface area (Å²) in [5, 5.41) is 2.58. The molecule has 1 amide bonds. The molecule has 0 saturated heterocycles. The molecular weight excluding hydrogens is 308 g/mol. The first-order chi connectivity index (χ1) is 9.79. The van der Waals surface area contributed by atoms with Crippen LogP contribution in [0.2, 0.25) is 0 Å². The monoisotopic (exact) mass is 328 g/mol. The summed E-state index contributed by atoms with van der Waals surface area (Å²) in [5.74, 6) is 0.336. The Morgan fingerprint density at radius 2 is 2.10 bits per heavy atom. The van der Waals surface area contributed by atoms with Crippen LogP contribution in [0.1, 0.15) is 27.2 Å². The summed E-state index contributed by atoms with van der Waals surface area (Å²) in [6.07, 6.45) is 0.786. The number of thioether (sulfide) groups is 1. The van der Waals surface area contributed by atoms with Gasteiger partial charge in [0.15, 0.2) is 0 Å². The zero-order valence-corrected chi connectivity index (χ0v) is 14.0. The summed E-state index contributed by atoms with van der Waals surface area (Å²) in [5.41, 5.74) is 0.565. The molecule has 5 nitrogen and oxygen atoms in total. The predicted molar refractivity (Wildman–Crippen MR) is 85.0 cm³/mol. The standard InChI is InChI=1S/C14H20N2O3S2/c1-9(2)6-7-15-21(18,19)11-4-5-13-12(8-11)16-14(17)10(3)20-13/h4-5,8-10,15H,6-7H2,1-3H3,(H,16,17)/t10-/m1/s1. The summed E-state index contributed by atoms with van der Waals surface area (Å²) in [6, 6.07) is 4.84. The molecule has 0 fully saturated rings. The zero-order chi connectivity index (χ0) is 15.6. The zero-order valence-electron chi connectivity index (χ0n) is 12.3. The van der Waals surface area contributed by atoms with E-state index in [9.17, 15) is 13.2 Å². The number of sulfonamides is 1. The Labute approximate surface area is 129 Å². The van der Waals surface area contributed by atoms with E-state index in [4.69, 9.17) is 0 Å². The minimum Gasteiger partial charge on any atom is -0.324 e. The van der Waals surface area contributed by atoms with Gasteiger partial charge in [-0.25, -0.2) is 13.1 Å². The van der Waals surface area contributed by atoms with E-state index in [-0.39, 0.29) is 16.1 Å². The molecule has 2 rings (SSSR count). The highest BCUT2D eigenvalue weighted by Crippen LogP contribution is 2.36. The molecular formula is C14H20N2O3S2. The Bertz CT molecular complexity index is 642. The second kappa shape index (κ2) is 6.37. The number of anilines is 1. The molecule has 0 aromatic heterocycles. The van der Waals surface area contributed by atoms with Crippen LogP contribution < -0.4 is 10.0 Å². The van der Waals surface area contributed by atoms with Crippen molar-refractivity contribution in [2.75, 3.05) is 11.9 Å². The van der Waals surface area contributed by atoms with Gasteiger partial charge in [-0.15, -0.1) is 11.8 Å². The van der Waals surface area contributed by atoms with Crippen molar-refractivity contribution in [3.05, 3.63) is 18.2 Å². The quantitative estimate of drug-likeness (QED) is 0.870. The van der Waals surface area contributed by atoms with E-state index in [0.717, 1.165) is 11.3 Å². The maximum Gasteiger partial charge on any atom is 0.240 e. The molecule has 1 aromatic carbocycles. The largest absolute Gasteiger partial charge is 0.324 e. The Hall–Kier alpha value is -1.05. The lowest BCUT2D eigenvalue weighted by Gasteiger charge is -2.21. The van der Waals surface area contributed by atoms with Gasteiger partial charge in [0.05, 0.1) is 15.8 Å². The molecule has 0 aliphatic carbocycles. The van der Waals surface area contributed by atoms with E-state index >= 15 is 0 Å². The second-order valence-corrected chi connectivity index (χ2v) is 8.64. The van der Waals surface area contributed by atoms with Crippen molar-refractivity contribution in [3.63, 3.8) is 0 Å². The third-order valence-electron chi connectivity index (χ3n) is 3.21. The average molecular weight is 328 g/mol. The first-order valence-corrected chi connectivity index (χ1v) is 9.27. The first-order valence-electron chi connectivity index (χ1n) is 6.91. The van der Waals surface area contributed by atoms with Crippen molar-refractivity contribution >= 4 is 33.4 Å². The van der Waals surface area contributed by atoms with Crippen LogP contribution in [0.15, 0.2) is 28.0 Å². The fraction of sp³-hybridized carbons (Fsp3) is 0.500. The van der Waals surface area contributed by atoms with Gasteiger partial charge in [0.25, 0.3) is 0 Å². The van der Waals surface area contributed by atoms with Crippen LogP contribution in [0, 0.1) is 5.92 Å². The average Bonchev–Trinajstić information content (AvgIpc) is 2.38. The highest BCUT2D eigenvalue weighted by Gasteiger charge is 2.24. The molecule has 1 aliphatic rings. The number of rotatable bonds is 5. The molecule has 2 N–H and O–H groups in total. The molecule has 116 valence electrons. The highest BCUT2D eigenvalue weighted by molar-refractivity contribution is 8.01. The molecule has 0 unspecified atom stereocenters. The van der Waals surface area contributed by atoms with Crippen molar-refractivity contribution in [1.82, 2.24) is 4.72 Å². The van der Waals surface area contributed by atoms with Gasteiger partial charge in [-0.3, -0.25) is 4.79 Å². The van der Waals surface area contributed by atoms with Gasteiger partial charge in [0.1, 0.15) is 0 Å². The number of amides is 1. The lowest BCUT2D eigenvalue weighted by atomic mass is 10.1. The van der Waals surface area contributed by atoms with E-state index in [1.54, 1.807) is 12.1 Å². The third kappa shape index (κ3) is 3.99. The molecule has 1 atom stereocenters. The second-order valence-electron chi connectivity index (χ2n) is 5.49. The fourth-order valence-electron chi connectivity index (χ4n) is 1.92. The number of hydrogen-bond acceptors (Lipinski definition) is 4. The van der Waals surface area contributed by atoms with Crippen molar-refractivity contribution < 1.29 is 13.2 Å². The number of carbonyl (C=O) groups excluding carboxylic acids is 1. The van der Waals surface area contributed by atoms with Crippen LogP contribution in [-0.4, -0.2) is 26.1 Å². The SMILES string of the molecule is CC(C)CCNS(=O)(=O)c1ccc2c(c1)NC(=O)[C@@H](C)S2. The lowest BCUT2D eigenvalue weighted by Crippen LogP contribution is -2.28. The first kappa shape index (κ1) is 16.3. The van der Waals surface area contributed by atoms with Gasteiger partial charge < -0.3 is 5.32 Å². The van der Waals surface area contributed by atoms with Crippen molar-refractivity contribution in [1.29, 1.82) is 0 Å². The summed E-state index contributed by atoms with van der Waals surface area (Å²) in [7, 11) is -3.53. The number of benzene rings is 1. The van der Waals surface area contributed by atoms with E-state index in [1.165, 1.54) is 17.8 Å². The number of carbonyl (C=O) groups is 1. The van der Waals surface area contributed by atoms with Crippen LogP contribution >= 0.6 is 11.8 Å². The molecule has 7 heteroatoms. The van der Waals surface area contributed by atoms with E-state index in [1.807, 2.05) is 20.8 Å². The Balaban J connectivity index is 2.18. The lowest BCUT2D eigenvalue weighted by molar-refractivity contribution is -0.115. The van der Waals surface area contributed by atoms with Gasteiger partial charge in [0, 0.05) is 11.4 Å². The van der Waals surface area contributed by atoms with Gasteiger partial charge in [-0.1, -0.05) is 13.8 Å². The molecule has 0 spiro atoms. The minimum absolute atomic E-state index is 0.102. The van der Waals surface area contributed by atoms with Gasteiger partial charge in [-0.05, 0) is 37.5 Å². The van der Waals surface area contributed by atoms with E-state index in [0.29, 0.717) is 18.2 Å². The molecule has 1 aliphatic heterocycles. The van der Waals surface area contributed by atoms with Gasteiger partial charge >= 0.3 is 0 Å². The van der Waals surface area contributed by atoms with Crippen molar-refractivity contribution in [2.45, 2.75) is 42.2 Å². The molecule has 0 radical (unpaired) electrons. The third-order valence-corrected chi connectivity index (χ3v) is 5.84. The Kier molecular flexibility index (Phi) is 4.95. The molecule has 1 aromatic rings. The molecule has 1 heterocycles. The number of hydrogen-bond donors (Lipinski definition) is 2. The number of fused-ring (bicyclic) bond motifs is 1. The molecule has 0 saturated carbocycles. The van der Waals surface area contributed by atoms with Crippen molar-refractivity contribution in [2.24, 2.45) is 5.92 Å². The summed E-state index contributed by atoms with van der Waals surface area (Å²) >= 11 is 1.43. The Morgan fingerprint density at radius 3 is 2.76 bits per heavy atom. The maximum atomic E-state index is 12.2. The van der Waals surface area contributed by atoms with Crippen molar-refractivity contribution in [3.8, 4) is 0 Å². The van der Waals surface area contributed by atoms with Crippen LogP contribution in [0.3, 0.4) is 0 Å². The molecule has 0 bridgehead atoms. The predicted octanol–water partition coefficient (Wildman–Crippen LogP) is 2.44. The summed E-state index contributed by atoms with van der Waals surface area (Å²) in [6.45, 7) is 6.32. The number of nitrogens with one attached hydrogen (secondary N) is 2. The topological polar surface area (TPSA) is 75.3 Å². The van der Waals surface area contributed by atoms with Gasteiger partial charge in [-0.2, -0.15) is 0 Å². The van der Waals surface area contributed by atoms with E-state index < -0.39 is 10.0 Å². The Morgan fingerprint density at radius 1 is 1.38 bits per heavy atom.